The molecule has 35 valence electrons. The molecule has 2 nitrogen and oxygen atoms in total. The third-order valence-corrected chi connectivity index (χ3v) is 0.348. The third-order valence-electron chi connectivity index (χ3n) is 0.348. The SMILES string of the molecule is C=C(C)C(=O)[O-].[Mg+]. The van der Waals surface area contributed by atoms with Crippen LogP contribution in [0.15, 0.2) is 12.2 Å². The van der Waals surface area contributed by atoms with Crippen LogP contribution in [0.1, 0.15) is 6.92 Å². The molecule has 1 radical (unpaired) electrons. The monoisotopic (exact) mass is 109 g/mol. The smallest absolute Gasteiger partial charge is 0.545 e. The molecule has 0 N–H and O–H groups in total. The van der Waals surface area contributed by atoms with Gasteiger partial charge in [-0.05, 0) is 12.5 Å². The summed E-state index contributed by atoms with van der Waals surface area (Å²) >= 11 is 0. The molecular formula is C4H5MgO2. The van der Waals surface area contributed by atoms with Crippen LogP contribution in [0.5, 0.6) is 0 Å². The maximum atomic E-state index is 9.49. The zero-order valence-corrected chi connectivity index (χ0v) is 5.64. The number of carboxylic acids is 1. The number of hydrogen-bond acceptors (Lipinski definition) is 2. The zero-order valence-electron chi connectivity index (χ0n) is 4.23. The summed E-state index contributed by atoms with van der Waals surface area (Å²) in [6, 6.07) is 0. The second-order valence-corrected chi connectivity index (χ2v) is 1.07. The summed E-state index contributed by atoms with van der Waals surface area (Å²) < 4.78 is 0. The molecule has 0 aliphatic heterocycles. The van der Waals surface area contributed by atoms with E-state index in [4.69, 9.17) is 0 Å². The first-order valence-corrected chi connectivity index (χ1v) is 1.51. The molecule has 0 fully saturated rings. The topological polar surface area (TPSA) is 40.1 Å². The minimum absolute atomic E-state index is 0. The molecule has 0 aromatic rings. The van der Waals surface area contributed by atoms with Crippen LogP contribution < -0.4 is 5.11 Å². The Bertz CT molecular complexity index is 75.7. The van der Waals surface area contributed by atoms with E-state index in [0.717, 1.165) is 0 Å². The normalized spacial score (nSPS) is 6.43. The Kier molecular flexibility index (Phi) is 5.96. The summed E-state index contributed by atoms with van der Waals surface area (Å²) in [5.41, 5.74) is 0.0648. The molecule has 0 bridgehead atoms. The molecule has 7 heavy (non-hydrogen) atoms. The van der Waals surface area contributed by atoms with Crippen LogP contribution in [0, 0.1) is 0 Å². The first kappa shape index (κ1) is 10.1. The summed E-state index contributed by atoms with van der Waals surface area (Å²) in [6.07, 6.45) is 0. The van der Waals surface area contributed by atoms with Gasteiger partial charge in [-0.25, -0.2) is 0 Å². The van der Waals surface area contributed by atoms with Crippen molar-refractivity contribution in [1.29, 1.82) is 0 Å². The fourth-order valence-electron chi connectivity index (χ4n) is 0. The van der Waals surface area contributed by atoms with Gasteiger partial charge in [0.2, 0.25) is 0 Å². The first-order chi connectivity index (χ1) is 2.64. The Morgan fingerprint density at radius 3 is 1.86 bits per heavy atom. The van der Waals surface area contributed by atoms with Crippen molar-refractivity contribution in [3.63, 3.8) is 0 Å². The molecule has 0 spiro atoms. The van der Waals surface area contributed by atoms with Gasteiger partial charge in [-0.3, -0.25) is 0 Å². The molecule has 0 heterocycles. The molecule has 0 aliphatic rings. The Morgan fingerprint density at radius 2 is 1.86 bits per heavy atom. The van der Waals surface area contributed by atoms with Gasteiger partial charge in [0.15, 0.2) is 0 Å². The number of rotatable bonds is 1. The minimum Gasteiger partial charge on any atom is -0.545 e. The van der Waals surface area contributed by atoms with Crippen molar-refractivity contribution < 1.29 is 9.90 Å². The number of carboxylic acid groups (broad SMARTS) is 1. The number of carbonyl (C=O) groups is 1. The van der Waals surface area contributed by atoms with E-state index < -0.39 is 5.97 Å². The van der Waals surface area contributed by atoms with E-state index in [1.165, 1.54) is 6.92 Å². The van der Waals surface area contributed by atoms with Gasteiger partial charge in [-0.2, -0.15) is 0 Å². The average molecular weight is 109 g/mol. The summed E-state index contributed by atoms with van der Waals surface area (Å²) in [4.78, 5) is 9.49. The van der Waals surface area contributed by atoms with E-state index in [-0.39, 0.29) is 28.6 Å². The van der Waals surface area contributed by atoms with Crippen molar-refractivity contribution in [3.8, 4) is 0 Å². The van der Waals surface area contributed by atoms with Gasteiger partial charge in [-0.15, -0.1) is 0 Å². The Hall–Kier alpha value is -0.0238. The zero-order chi connectivity index (χ0) is 5.15. The Morgan fingerprint density at radius 1 is 1.71 bits per heavy atom. The predicted molar refractivity (Wildman–Crippen MR) is 25.6 cm³/mol. The molecule has 0 aromatic heterocycles. The third kappa shape index (κ3) is 5.98. The number of carbonyl (C=O) groups excluding carboxylic acids is 1. The van der Waals surface area contributed by atoms with E-state index in [1.54, 1.807) is 0 Å². The molecular weight excluding hydrogens is 104 g/mol. The molecule has 0 atom stereocenters. The Labute approximate surface area is 58.4 Å². The summed E-state index contributed by atoms with van der Waals surface area (Å²) in [5, 5.41) is 9.49. The summed E-state index contributed by atoms with van der Waals surface area (Å²) in [7, 11) is 0. The maximum absolute atomic E-state index is 9.49. The molecule has 0 saturated carbocycles. The summed E-state index contributed by atoms with van der Waals surface area (Å²) in [5.74, 6) is -1.19. The average Bonchev–Trinajstić information content (AvgIpc) is 1.36. The molecule has 3 heteroatoms. The van der Waals surface area contributed by atoms with Crippen LogP contribution in [-0.4, -0.2) is 29.0 Å². The first-order valence-electron chi connectivity index (χ1n) is 1.51. The molecule has 0 aliphatic carbocycles. The molecule has 0 aromatic carbocycles. The van der Waals surface area contributed by atoms with Crippen molar-refractivity contribution in [2.24, 2.45) is 0 Å². The second kappa shape index (κ2) is 4.14. The molecule has 0 amide bonds. The maximum Gasteiger partial charge on any atom is 1.00 e. The van der Waals surface area contributed by atoms with Crippen LogP contribution in [0.3, 0.4) is 0 Å². The van der Waals surface area contributed by atoms with Gasteiger partial charge in [0.1, 0.15) is 0 Å². The van der Waals surface area contributed by atoms with Gasteiger partial charge in [0.05, 0.1) is 5.97 Å². The van der Waals surface area contributed by atoms with E-state index >= 15 is 0 Å². The molecule has 0 rings (SSSR count). The van der Waals surface area contributed by atoms with E-state index in [2.05, 4.69) is 6.58 Å². The van der Waals surface area contributed by atoms with Gasteiger partial charge >= 0.3 is 23.1 Å². The Balaban J connectivity index is 0. The number of aliphatic carboxylic acids is 1. The van der Waals surface area contributed by atoms with E-state index in [1.807, 2.05) is 0 Å². The van der Waals surface area contributed by atoms with Gasteiger partial charge in [-0.1, -0.05) is 6.58 Å². The standard InChI is InChI=1S/C4H6O2.Mg/c1-3(2)4(5)6;/h1H2,2H3,(H,5,6);/q;+1/p-1. The van der Waals surface area contributed by atoms with Crippen LogP contribution in [0.4, 0.5) is 0 Å². The second-order valence-electron chi connectivity index (χ2n) is 1.07. The van der Waals surface area contributed by atoms with Gasteiger partial charge < -0.3 is 9.90 Å². The largest absolute Gasteiger partial charge is 1.00 e. The van der Waals surface area contributed by atoms with Crippen LogP contribution >= 0.6 is 0 Å². The van der Waals surface area contributed by atoms with Gasteiger partial charge in [0.25, 0.3) is 0 Å². The van der Waals surface area contributed by atoms with Crippen molar-refractivity contribution in [2.75, 3.05) is 0 Å². The predicted octanol–water partition coefficient (Wildman–Crippen LogP) is -1.07. The summed E-state index contributed by atoms with van der Waals surface area (Å²) in [6.45, 7) is 4.48. The van der Waals surface area contributed by atoms with E-state index in [0.29, 0.717) is 0 Å². The van der Waals surface area contributed by atoms with Crippen LogP contribution in [0.25, 0.3) is 0 Å². The minimum atomic E-state index is -1.19. The fraction of sp³-hybridized carbons (Fsp3) is 0.250. The molecule has 0 saturated heterocycles. The quantitative estimate of drug-likeness (QED) is 0.318. The van der Waals surface area contributed by atoms with Crippen LogP contribution in [0.2, 0.25) is 0 Å². The van der Waals surface area contributed by atoms with Crippen molar-refractivity contribution in [3.05, 3.63) is 12.2 Å². The number of hydrogen-bond donors (Lipinski definition) is 0. The van der Waals surface area contributed by atoms with E-state index in [9.17, 15) is 9.90 Å². The van der Waals surface area contributed by atoms with Crippen LogP contribution in [-0.2, 0) is 4.79 Å². The van der Waals surface area contributed by atoms with Crippen molar-refractivity contribution >= 4 is 29.0 Å². The fourth-order valence-corrected chi connectivity index (χ4v) is 0. The van der Waals surface area contributed by atoms with Crippen molar-refractivity contribution in [1.82, 2.24) is 0 Å². The van der Waals surface area contributed by atoms with Crippen molar-refractivity contribution in [2.45, 2.75) is 6.92 Å². The molecule has 0 unspecified atom stereocenters. The van der Waals surface area contributed by atoms with Gasteiger partial charge in [0, 0.05) is 0 Å².